The van der Waals surface area contributed by atoms with Crippen molar-refractivity contribution >= 4 is 34.2 Å². The van der Waals surface area contributed by atoms with E-state index in [1.807, 2.05) is 0 Å². The predicted molar refractivity (Wildman–Crippen MR) is 51.5 cm³/mol. The van der Waals surface area contributed by atoms with Gasteiger partial charge in [-0.25, -0.2) is 9.78 Å². The van der Waals surface area contributed by atoms with Gasteiger partial charge in [0, 0.05) is 5.38 Å². The van der Waals surface area contributed by atoms with Gasteiger partial charge in [0.15, 0.2) is 10.8 Å². The summed E-state index contributed by atoms with van der Waals surface area (Å²) in [6, 6.07) is 0. The summed E-state index contributed by atoms with van der Waals surface area (Å²) < 4.78 is 4.31. The minimum atomic E-state index is -1.67. The standard InChI is InChI=1S/C7H7N3O5S.Na/c1-15-7(13)9-6-8-3(2-16-6)4(10-14)5(11)12;/h2,14H,1H3,(H,11,12)(H,8,9,13);/q;+1/p-1. The van der Waals surface area contributed by atoms with Crippen LogP contribution < -0.4 is 40.0 Å². The van der Waals surface area contributed by atoms with E-state index in [0.717, 1.165) is 11.3 Å². The van der Waals surface area contributed by atoms with Gasteiger partial charge in [-0.05, 0) is 0 Å². The number of thiazole rings is 1. The summed E-state index contributed by atoms with van der Waals surface area (Å²) in [7, 11) is 1.17. The molecule has 0 aliphatic rings. The number of carbonyl (C=O) groups excluding carboxylic acids is 2. The molecule has 0 aliphatic carbocycles. The van der Waals surface area contributed by atoms with Crippen LogP contribution in [0.5, 0.6) is 0 Å². The molecule has 1 aromatic rings. The van der Waals surface area contributed by atoms with Crippen molar-refractivity contribution in [1.82, 2.24) is 4.98 Å². The third-order valence-corrected chi connectivity index (χ3v) is 2.19. The van der Waals surface area contributed by atoms with E-state index in [1.54, 1.807) is 0 Å². The second kappa shape index (κ2) is 7.22. The Labute approximate surface area is 122 Å². The Balaban J connectivity index is 0.00000256. The van der Waals surface area contributed by atoms with Crippen LogP contribution in [0.1, 0.15) is 5.69 Å². The number of hydrogen-bond donors (Lipinski definition) is 2. The van der Waals surface area contributed by atoms with Crippen LogP contribution in [0.2, 0.25) is 0 Å². The molecule has 0 bridgehead atoms. The normalized spacial score (nSPS) is 10.3. The average Bonchev–Trinajstić information content (AvgIpc) is 2.66. The fraction of sp³-hybridized carbons (Fsp3) is 0.143. The fourth-order valence-corrected chi connectivity index (χ4v) is 1.46. The number of amides is 1. The monoisotopic (exact) mass is 267 g/mol. The summed E-state index contributed by atoms with van der Waals surface area (Å²) in [5.74, 6) is -1.67. The van der Waals surface area contributed by atoms with Crippen molar-refractivity contribution in [2.24, 2.45) is 5.16 Å². The molecule has 10 heteroatoms. The van der Waals surface area contributed by atoms with Crippen molar-refractivity contribution in [2.45, 2.75) is 0 Å². The maximum Gasteiger partial charge on any atom is 1.00 e. The van der Waals surface area contributed by atoms with Crippen molar-refractivity contribution in [3.8, 4) is 0 Å². The summed E-state index contributed by atoms with van der Waals surface area (Å²) >= 11 is 0.948. The van der Waals surface area contributed by atoms with Crippen molar-refractivity contribution in [1.29, 1.82) is 0 Å². The van der Waals surface area contributed by atoms with E-state index in [1.165, 1.54) is 12.5 Å². The van der Waals surface area contributed by atoms with E-state index in [0.29, 0.717) is 0 Å². The number of nitrogens with one attached hydrogen (secondary N) is 1. The molecule has 8 nitrogen and oxygen atoms in total. The van der Waals surface area contributed by atoms with E-state index < -0.39 is 17.8 Å². The van der Waals surface area contributed by atoms with Crippen LogP contribution >= 0.6 is 11.3 Å². The van der Waals surface area contributed by atoms with Crippen molar-refractivity contribution < 1.29 is 54.2 Å². The van der Waals surface area contributed by atoms with Gasteiger partial charge in [0.1, 0.15) is 5.69 Å². The molecule has 86 valence electrons. The molecule has 2 N–H and O–H groups in total. The van der Waals surface area contributed by atoms with Crippen LogP contribution in [-0.2, 0) is 9.53 Å². The maximum atomic E-state index is 10.8. The molecular formula is C7H6N3NaO5S. The largest absolute Gasteiger partial charge is 1.00 e. The Kier molecular flexibility index (Phi) is 6.73. The first-order valence-corrected chi connectivity index (χ1v) is 4.70. The number of hydrogen-bond acceptors (Lipinski definition) is 8. The van der Waals surface area contributed by atoms with Crippen LogP contribution in [0.25, 0.3) is 0 Å². The topological polar surface area (TPSA) is 124 Å². The Morgan fingerprint density at radius 2 is 2.29 bits per heavy atom. The van der Waals surface area contributed by atoms with Gasteiger partial charge >= 0.3 is 35.7 Å². The summed E-state index contributed by atoms with van der Waals surface area (Å²) in [6.45, 7) is 0. The Hall–Kier alpha value is -1.16. The number of carboxylic acid groups (broad SMARTS) is 1. The van der Waals surface area contributed by atoms with Gasteiger partial charge in [-0.1, -0.05) is 5.16 Å². The van der Waals surface area contributed by atoms with Gasteiger partial charge in [-0.15, -0.1) is 11.3 Å². The summed E-state index contributed by atoms with van der Waals surface area (Å²) in [6.07, 6.45) is -0.739. The molecule has 0 spiro atoms. The van der Waals surface area contributed by atoms with E-state index in [4.69, 9.17) is 5.21 Å². The summed E-state index contributed by atoms with van der Waals surface area (Å²) in [5, 5.41) is 25.0. The predicted octanol–water partition coefficient (Wildman–Crippen LogP) is -3.75. The van der Waals surface area contributed by atoms with E-state index >= 15 is 0 Å². The minimum absolute atomic E-state index is 0. The van der Waals surface area contributed by atoms with Crippen molar-refractivity contribution in [3.05, 3.63) is 11.1 Å². The molecule has 0 saturated carbocycles. The molecular weight excluding hydrogens is 261 g/mol. The number of nitrogens with zero attached hydrogens (tertiary/aromatic N) is 2. The number of carbonyl (C=O) groups is 2. The third-order valence-electron chi connectivity index (χ3n) is 1.43. The first-order valence-electron chi connectivity index (χ1n) is 3.82. The zero-order valence-corrected chi connectivity index (χ0v) is 11.8. The van der Waals surface area contributed by atoms with Gasteiger partial charge < -0.3 is 19.8 Å². The Morgan fingerprint density at radius 1 is 1.65 bits per heavy atom. The number of aliphatic carboxylic acids is 1. The molecule has 0 fully saturated rings. The van der Waals surface area contributed by atoms with Gasteiger partial charge in [0.05, 0.1) is 13.1 Å². The van der Waals surface area contributed by atoms with Crippen LogP contribution in [0, 0.1) is 0 Å². The van der Waals surface area contributed by atoms with E-state index in [2.05, 4.69) is 20.2 Å². The molecule has 1 amide bonds. The van der Waals surface area contributed by atoms with E-state index in [-0.39, 0.29) is 40.4 Å². The Bertz CT molecular complexity index is 446. The number of carboxylic acids is 1. The molecule has 0 atom stereocenters. The van der Waals surface area contributed by atoms with Gasteiger partial charge in [0.25, 0.3) is 0 Å². The number of oxime groups is 1. The van der Waals surface area contributed by atoms with Crippen molar-refractivity contribution in [2.75, 3.05) is 12.4 Å². The fourth-order valence-electron chi connectivity index (χ4n) is 0.775. The van der Waals surface area contributed by atoms with E-state index in [9.17, 15) is 14.7 Å². The molecule has 0 unspecified atom stereocenters. The second-order valence-corrected chi connectivity index (χ2v) is 3.25. The molecule has 0 saturated heterocycles. The number of rotatable bonds is 3. The van der Waals surface area contributed by atoms with Gasteiger partial charge in [0.2, 0.25) is 0 Å². The summed E-state index contributed by atoms with van der Waals surface area (Å²) in [5.41, 5.74) is -0.826. The smallest absolute Gasteiger partial charge is 0.543 e. The van der Waals surface area contributed by atoms with Gasteiger partial charge in [-0.2, -0.15) is 0 Å². The van der Waals surface area contributed by atoms with Crippen molar-refractivity contribution in [3.63, 3.8) is 0 Å². The first kappa shape index (κ1) is 15.8. The number of methoxy groups -OCH3 is 1. The quantitative estimate of drug-likeness (QED) is 0.251. The number of ether oxygens (including phenoxy) is 1. The molecule has 1 rings (SSSR count). The third kappa shape index (κ3) is 4.30. The first-order chi connectivity index (χ1) is 7.58. The van der Waals surface area contributed by atoms with Crippen LogP contribution in [0.3, 0.4) is 0 Å². The molecule has 1 aromatic heterocycles. The minimum Gasteiger partial charge on any atom is -0.543 e. The molecule has 1 heterocycles. The SMILES string of the molecule is COC(=O)Nc1nc(C(=NO)C(=O)[O-])cs1.[Na+]. The zero-order chi connectivity index (χ0) is 12.1. The van der Waals surface area contributed by atoms with Crippen LogP contribution in [0.15, 0.2) is 10.5 Å². The second-order valence-electron chi connectivity index (χ2n) is 2.39. The summed E-state index contributed by atoms with van der Waals surface area (Å²) in [4.78, 5) is 24.9. The van der Waals surface area contributed by atoms with Crippen LogP contribution in [0.4, 0.5) is 9.93 Å². The molecule has 0 aromatic carbocycles. The molecule has 0 radical (unpaired) electrons. The zero-order valence-electron chi connectivity index (χ0n) is 8.96. The van der Waals surface area contributed by atoms with Gasteiger partial charge in [-0.3, -0.25) is 5.32 Å². The average molecular weight is 267 g/mol. The molecule has 17 heavy (non-hydrogen) atoms. The number of aromatic nitrogens is 1. The molecule has 0 aliphatic heterocycles. The maximum absolute atomic E-state index is 10.8. The Morgan fingerprint density at radius 3 is 2.76 bits per heavy atom. The van der Waals surface area contributed by atoms with Crippen LogP contribution in [-0.4, -0.2) is 35.1 Å². The number of anilines is 1.